The van der Waals surface area contributed by atoms with Crippen LogP contribution in [0.3, 0.4) is 0 Å². The molecule has 0 radical (unpaired) electrons. The van der Waals surface area contributed by atoms with E-state index in [0.717, 1.165) is 22.3 Å². The molecule has 0 saturated carbocycles. The van der Waals surface area contributed by atoms with Gasteiger partial charge in [0.2, 0.25) is 5.71 Å². The number of aromatic nitrogens is 2. The predicted octanol–water partition coefficient (Wildman–Crippen LogP) is 5.64. The molecular weight excluding hydrogens is 404 g/mol. The zero-order valence-electron chi connectivity index (χ0n) is 16.9. The zero-order chi connectivity index (χ0) is 22.1. The summed E-state index contributed by atoms with van der Waals surface area (Å²) in [6.07, 6.45) is 0.375. The van der Waals surface area contributed by atoms with Crippen LogP contribution >= 0.6 is 0 Å². The molecule has 0 spiro atoms. The standard InChI is InChI=1S/C25H18N4O3/c26-24-22-21(17-7-3-1-4-8-17)23(18-9-5-2-6-10-18)32-25(22)28-20(27-24)15-16-11-13-19(14-12-16)29(30)31/h1-14H,15H2,(H2,26,27,28). The van der Waals surface area contributed by atoms with Crippen LogP contribution in [0, 0.1) is 10.1 Å². The maximum atomic E-state index is 10.9. The molecule has 7 heteroatoms. The minimum Gasteiger partial charge on any atom is -0.437 e. The second-order valence-electron chi connectivity index (χ2n) is 7.34. The summed E-state index contributed by atoms with van der Waals surface area (Å²) in [5.74, 6) is 1.49. The van der Waals surface area contributed by atoms with E-state index in [1.165, 1.54) is 12.1 Å². The minimum absolute atomic E-state index is 0.0377. The molecule has 0 aliphatic heterocycles. The van der Waals surface area contributed by atoms with Crippen molar-refractivity contribution in [1.82, 2.24) is 9.97 Å². The molecular formula is C25H18N4O3. The number of nitro groups is 1. The Hall–Kier alpha value is -4.52. The molecule has 7 nitrogen and oxygen atoms in total. The monoisotopic (exact) mass is 422 g/mol. The van der Waals surface area contributed by atoms with Gasteiger partial charge in [-0.1, -0.05) is 72.8 Å². The van der Waals surface area contributed by atoms with E-state index in [1.807, 2.05) is 60.7 Å². The fraction of sp³-hybridized carbons (Fsp3) is 0.0400. The molecule has 32 heavy (non-hydrogen) atoms. The van der Waals surface area contributed by atoms with Crippen molar-refractivity contribution in [3.63, 3.8) is 0 Å². The first-order chi connectivity index (χ1) is 15.6. The molecule has 5 rings (SSSR count). The quantitative estimate of drug-likeness (QED) is 0.290. The van der Waals surface area contributed by atoms with Crippen LogP contribution < -0.4 is 5.73 Å². The Bertz CT molecular complexity index is 1410. The van der Waals surface area contributed by atoms with Gasteiger partial charge in [-0.05, 0) is 11.1 Å². The maximum Gasteiger partial charge on any atom is 0.269 e. The Morgan fingerprint density at radius 3 is 2.09 bits per heavy atom. The molecule has 0 saturated heterocycles. The molecule has 0 bridgehead atoms. The highest BCUT2D eigenvalue weighted by molar-refractivity contribution is 6.05. The summed E-state index contributed by atoms with van der Waals surface area (Å²) in [6.45, 7) is 0. The Kier molecular flexibility index (Phi) is 4.84. The van der Waals surface area contributed by atoms with Crippen LogP contribution in [0.5, 0.6) is 0 Å². The second-order valence-corrected chi connectivity index (χ2v) is 7.34. The van der Waals surface area contributed by atoms with Crippen molar-refractivity contribution in [1.29, 1.82) is 0 Å². The molecule has 0 unspecified atom stereocenters. The molecule has 0 amide bonds. The van der Waals surface area contributed by atoms with Gasteiger partial charge >= 0.3 is 0 Å². The van der Waals surface area contributed by atoms with Gasteiger partial charge in [0.15, 0.2) is 0 Å². The van der Waals surface area contributed by atoms with Crippen molar-refractivity contribution in [2.45, 2.75) is 6.42 Å². The minimum atomic E-state index is -0.427. The van der Waals surface area contributed by atoms with Gasteiger partial charge in [0, 0.05) is 29.7 Å². The molecule has 156 valence electrons. The van der Waals surface area contributed by atoms with Crippen molar-refractivity contribution in [2.24, 2.45) is 0 Å². The third-order valence-electron chi connectivity index (χ3n) is 5.23. The highest BCUT2D eigenvalue weighted by Crippen LogP contribution is 2.42. The topological polar surface area (TPSA) is 108 Å². The van der Waals surface area contributed by atoms with Gasteiger partial charge in [-0.3, -0.25) is 10.1 Å². The SMILES string of the molecule is Nc1nc(Cc2ccc([N+](=O)[O-])cc2)nc2oc(-c3ccccc3)c(-c3ccccc3)c12. The summed E-state index contributed by atoms with van der Waals surface area (Å²) in [4.78, 5) is 19.6. The van der Waals surface area contributed by atoms with Crippen molar-refractivity contribution in [3.05, 3.63) is 106 Å². The number of rotatable bonds is 5. The number of anilines is 1. The summed E-state index contributed by atoms with van der Waals surface area (Å²) in [6, 6.07) is 26.0. The number of hydrogen-bond donors (Lipinski definition) is 1. The number of fused-ring (bicyclic) bond motifs is 1. The first kappa shape index (κ1) is 19.4. The number of nitrogens with two attached hydrogens (primary N) is 1. The lowest BCUT2D eigenvalue weighted by Crippen LogP contribution is -2.01. The highest BCUT2D eigenvalue weighted by Gasteiger charge is 2.22. The van der Waals surface area contributed by atoms with Crippen molar-refractivity contribution >= 4 is 22.6 Å². The van der Waals surface area contributed by atoms with Gasteiger partial charge in [-0.25, -0.2) is 4.98 Å². The van der Waals surface area contributed by atoms with Crippen molar-refractivity contribution < 1.29 is 9.34 Å². The van der Waals surface area contributed by atoms with E-state index in [2.05, 4.69) is 9.97 Å². The predicted molar refractivity (Wildman–Crippen MR) is 123 cm³/mol. The number of benzene rings is 3. The Morgan fingerprint density at radius 2 is 1.47 bits per heavy atom. The zero-order valence-corrected chi connectivity index (χ0v) is 16.9. The third kappa shape index (κ3) is 3.56. The molecule has 0 aliphatic carbocycles. The normalized spacial score (nSPS) is 11.0. The number of furan rings is 1. The molecule has 3 aromatic carbocycles. The number of nitro benzene ring substituents is 1. The summed E-state index contributed by atoms with van der Waals surface area (Å²) in [7, 11) is 0. The van der Waals surface area contributed by atoms with E-state index in [-0.39, 0.29) is 5.69 Å². The van der Waals surface area contributed by atoms with Gasteiger partial charge in [0.25, 0.3) is 5.69 Å². The molecule has 2 aromatic heterocycles. The van der Waals surface area contributed by atoms with E-state index >= 15 is 0 Å². The van der Waals surface area contributed by atoms with Gasteiger partial charge in [-0.15, -0.1) is 0 Å². The lowest BCUT2D eigenvalue weighted by atomic mass is 9.99. The van der Waals surface area contributed by atoms with Crippen molar-refractivity contribution in [2.75, 3.05) is 5.73 Å². The Balaban J connectivity index is 1.63. The lowest BCUT2D eigenvalue weighted by molar-refractivity contribution is -0.384. The van der Waals surface area contributed by atoms with E-state index in [0.29, 0.717) is 34.9 Å². The van der Waals surface area contributed by atoms with E-state index in [9.17, 15) is 10.1 Å². The Labute approximate surface area is 183 Å². The molecule has 0 aliphatic rings. The molecule has 5 aromatic rings. The fourth-order valence-electron chi connectivity index (χ4n) is 3.74. The molecule has 2 heterocycles. The fourth-order valence-corrected chi connectivity index (χ4v) is 3.74. The summed E-state index contributed by atoms with van der Waals surface area (Å²) >= 11 is 0. The van der Waals surface area contributed by atoms with Crippen LogP contribution in [-0.2, 0) is 6.42 Å². The lowest BCUT2D eigenvalue weighted by Gasteiger charge is -2.05. The number of non-ortho nitro benzene ring substituents is 1. The third-order valence-corrected chi connectivity index (χ3v) is 5.23. The molecule has 0 fully saturated rings. The summed E-state index contributed by atoms with van der Waals surface area (Å²) in [5.41, 5.74) is 10.4. The van der Waals surface area contributed by atoms with Gasteiger partial charge < -0.3 is 10.2 Å². The summed E-state index contributed by atoms with van der Waals surface area (Å²) in [5, 5.41) is 11.6. The first-order valence-corrected chi connectivity index (χ1v) is 10.0. The van der Waals surface area contributed by atoms with Crippen LogP contribution in [0.25, 0.3) is 33.6 Å². The van der Waals surface area contributed by atoms with Crippen molar-refractivity contribution in [3.8, 4) is 22.5 Å². The number of hydrogen-bond acceptors (Lipinski definition) is 6. The van der Waals surface area contributed by atoms with Gasteiger partial charge in [0.05, 0.1) is 10.3 Å². The van der Waals surface area contributed by atoms with E-state index < -0.39 is 4.92 Å². The van der Waals surface area contributed by atoms with Crippen LogP contribution in [-0.4, -0.2) is 14.9 Å². The van der Waals surface area contributed by atoms with E-state index in [1.54, 1.807) is 12.1 Å². The maximum absolute atomic E-state index is 10.9. The molecule has 0 atom stereocenters. The smallest absolute Gasteiger partial charge is 0.269 e. The van der Waals surface area contributed by atoms with Crippen LogP contribution in [0.1, 0.15) is 11.4 Å². The average Bonchev–Trinajstić information content (AvgIpc) is 3.21. The largest absolute Gasteiger partial charge is 0.437 e. The van der Waals surface area contributed by atoms with E-state index in [4.69, 9.17) is 10.2 Å². The second kappa shape index (κ2) is 7.96. The first-order valence-electron chi connectivity index (χ1n) is 10.0. The van der Waals surface area contributed by atoms with Gasteiger partial charge in [-0.2, -0.15) is 4.98 Å². The van der Waals surface area contributed by atoms with Gasteiger partial charge in [0.1, 0.15) is 17.4 Å². The molecule has 2 N–H and O–H groups in total. The Morgan fingerprint density at radius 1 is 0.844 bits per heavy atom. The van der Waals surface area contributed by atoms with Crippen LogP contribution in [0.2, 0.25) is 0 Å². The number of nitrogen functional groups attached to an aromatic ring is 1. The van der Waals surface area contributed by atoms with Crippen LogP contribution in [0.15, 0.2) is 89.3 Å². The highest BCUT2D eigenvalue weighted by atomic mass is 16.6. The average molecular weight is 422 g/mol. The summed E-state index contributed by atoms with van der Waals surface area (Å²) < 4.78 is 6.23. The number of nitrogens with zero attached hydrogens (tertiary/aromatic N) is 3. The van der Waals surface area contributed by atoms with Crippen LogP contribution in [0.4, 0.5) is 11.5 Å².